The molecule has 0 radical (unpaired) electrons. The molecule has 0 aliphatic rings. The third kappa shape index (κ3) is 2.65. The molecule has 0 unspecified atom stereocenters. The smallest absolute Gasteiger partial charge is 0.142 e. The first-order valence-electron chi connectivity index (χ1n) is 6.83. The Morgan fingerprint density at radius 3 is 2.71 bits per heavy atom. The zero-order valence-electron chi connectivity index (χ0n) is 12.2. The molecule has 2 aromatic heterocycles. The van der Waals surface area contributed by atoms with Crippen LogP contribution in [-0.4, -0.2) is 21.1 Å². The molecule has 0 saturated carbocycles. The third-order valence-corrected chi connectivity index (χ3v) is 3.75. The Kier molecular flexibility index (Phi) is 3.68. The van der Waals surface area contributed by atoms with Gasteiger partial charge in [-0.2, -0.15) is 0 Å². The number of hydrogen-bond acceptors (Lipinski definition) is 3. The van der Waals surface area contributed by atoms with Gasteiger partial charge in [-0.25, -0.2) is 9.97 Å². The predicted molar refractivity (Wildman–Crippen MR) is 87.2 cm³/mol. The molecule has 2 heterocycles. The minimum atomic E-state index is 0.618. The minimum absolute atomic E-state index is 0.618. The maximum Gasteiger partial charge on any atom is 0.142 e. The van der Waals surface area contributed by atoms with E-state index in [1.165, 1.54) is 0 Å². The maximum absolute atomic E-state index is 5.80. The van der Waals surface area contributed by atoms with Crippen molar-refractivity contribution in [2.75, 3.05) is 6.61 Å². The molecule has 0 bridgehead atoms. The van der Waals surface area contributed by atoms with Crippen molar-refractivity contribution in [3.8, 4) is 11.6 Å². The van der Waals surface area contributed by atoms with E-state index in [9.17, 15) is 0 Å². The van der Waals surface area contributed by atoms with Crippen molar-refractivity contribution in [2.24, 2.45) is 0 Å². The molecule has 5 heteroatoms. The number of benzene rings is 1. The first-order valence-corrected chi connectivity index (χ1v) is 7.62. The van der Waals surface area contributed by atoms with E-state index in [4.69, 9.17) is 9.72 Å². The van der Waals surface area contributed by atoms with Crippen LogP contribution < -0.4 is 4.74 Å². The Balaban J connectivity index is 2.28. The van der Waals surface area contributed by atoms with Crippen molar-refractivity contribution in [1.29, 1.82) is 0 Å². The van der Waals surface area contributed by atoms with Crippen LogP contribution in [0.15, 0.2) is 35.2 Å². The van der Waals surface area contributed by atoms with Gasteiger partial charge < -0.3 is 4.74 Å². The Hall–Kier alpha value is -1.88. The summed E-state index contributed by atoms with van der Waals surface area (Å²) in [6, 6.07) is 6.07. The molecule has 4 nitrogen and oxygen atoms in total. The summed E-state index contributed by atoms with van der Waals surface area (Å²) in [5.41, 5.74) is 3.02. The largest absolute Gasteiger partial charge is 0.493 e. The Morgan fingerprint density at radius 1 is 1.24 bits per heavy atom. The molecule has 0 atom stereocenters. The van der Waals surface area contributed by atoms with E-state index in [1.807, 2.05) is 36.7 Å². The lowest BCUT2D eigenvalue weighted by Gasteiger charge is -2.12. The number of nitrogens with zero attached hydrogens (tertiary/aromatic N) is 3. The van der Waals surface area contributed by atoms with Gasteiger partial charge in [0.2, 0.25) is 0 Å². The molecule has 21 heavy (non-hydrogen) atoms. The van der Waals surface area contributed by atoms with E-state index in [0.717, 1.165) is 38.2 Å². The van der Waals surface area contributed by atoms with E-state index in [0.29, 0.717) is 6.61 Å². The van der Waals surface area contributed by atoms with Crippen LogP contribution in [0.4, 0.5) is 0 Å². The van der Waals surface area contributed by atoms with Crippen LogP contribution in [0.2, 0.25) is 0 Å². The number of fused-ring (bicyclic) bond motifs is 1. The van der Waals surface area contributed by atoms with Gasteiger partial charge in [-0.1, -0.05) is 15.9 Å². The maximum atomic E-state index is 5.80. The molecule has 3 rings (SSSR count). The van der Waals surface area contributed by atoms with Crippen LogP contribution in [0.1, 0.15) is 18.2 Å². The average Bonchev–Trinajstić information content (AvgIpc) is 2.86. The van der Waals surface area contributed by atoms with Crippen molar-refractivity contribution in [2.45, 2.75) is 20.8 Å². The summed E-state index contributed by atoms with van der Waals surface area (Å²) in [5, 5.41) is 1.02. The highest BCUT2D eigenvalue weighted by Crippen LogP contribution is 2.31. The zero-order chi connectivity index (χ0) is 15.0. The summed E-state index contributed by atoms with van der Waals surface area (Å²) < 4.78 is 8.75. The number of hydrogen-bond donors (Lipinski definition) is 0. The summed E-state index contributed by atoms with van der Waals surface area (Å²) in [6.45, 7) is 6.62. The fraction of sp³-hybridized carbons (Fsp3) is 0.250. The molecular formula is C16H16BrN3O. The second-order valence-electron chi connectivity index (χ2n) is 4.95. The lowest BCUT2D eigenvalue weighted by molar-refractivity contribution is 0.344. The van der Waals surface area contributed by atoms with Crippen LogP contribution >= 0.6 is 15.9 Å². The molecule has 0 aliphatic carbocycles. The topological polar surface area (TPSA) is 39.9 Å². The van der Waals surface area contributed by atoms with Gasteiger partial charge in [0, 0.05) is 22.1 Å². The normalized spacial score (nSPS) is 11.0. The number of rotatable bonds is 3. The van der Waals surface area contributed by atoms with Crippen LogP contribution in [0, 0.1) is 13.8 Å². The summed E-state index contributed by atoms with van der Waals surface area (Å²) >= 11 is 3.54. The van der Waals surface area contributed by atoms with E-state index in [2.05, 4.69) is 33.9 Å². The monoisotopic (exact) mass is 345 g/mol. The summed E-state index contributed by atoms with van der Waals surface area (Å²) in [7, 11) is 0. The summed E-state index contributed by atoms with van der Waals surface area (Å²) in [5.74, 6) is 1.66. The van der Waals surface area contributed by atoms with Gasteiger partial charge in [-0.3, -0.25) is 4.57 Å². The number of imidazole rings is 1. The van der Waals surface area contributed by atoms with E-state index < -0.39 is 0 Å². The second kappa shape index (κ2) is 5.48. The van der Waals surface area contributed by atoms with Crippen molar-refractivity contribution in [3.63, 3.8) is 0 Å². The van der Waals surface area contributed by atoms with Crippen molar-refractivity contribution < 1.29 is 4.74 Å². The van der Waals surface area contributed by atoms with Gasteiger partial charge in [0.05, 0.1) is 17.8 Å². The Labute approximate surface area is 131 Å². The first-order chi connectivity index (χ1) is 10.1. The average molecular weight is 346 g/mol. The predicted octanol–water partition coefficient (Wildman–Crippen LogP) is 4.20. The fourth-order valence-electron chi connectivity index (χ4n) is 2.37. The van der Waals surface area contributed by atoms with Gasteiger partial charge in [0.1, 0.15) is 17.9 Å². The SMILES string of the molecule is CCOc1cc(-n2cnc(C)c2)nc2c(C)cc(Br)cc12. The quantitative estimate of drug-likeness (QED) is 0.714. The molecule has 108 valence electrons. The van der Waals surface area contributed by atoms with Crippen molar-refractivity contribution in [3.05, 3.63) is 46.5 Å². The molecular weight excluding hydrogens is 330 g/mol. The van der Waals surface area contributed by atoms with Crippen molar-refractivity contribution >= 4 is 26.8 Å². The molecule has 0 fully saturated rings. The summed E-state index contributed by atoms with van der Waals surface area (Å²) in [4.78, 5) is 9.02. The Bertz CT molecular complexity index is 811. The van der Waals surface area contributed by atoms with Gasteiger partial charge >= 0.3 is 0 Å². The summed E-state index contributed by atoms with van der Waals surface area (Å²) in [6.07, 6.45) is 3.73. The van der Waals surface area contributed by atoms with Crippen molar-refractivity contribution in [1.82, 2.24) is 14.5 Å². The molecule has 0 amide bonds. The molecule has 0 saturated heterocycles. The third-order valence-electron chi connectivity index (χ3n) is 3.29. The van der Waals surface area contributed by atoms with E-state index in [1.54, 1.807) is 6.33 Å². The lowest BCUT2D eigenvalue weighted by atomic mass is 10.1. The van der Waals surface area contributed by atoms with E-state index in [-0.39, 0.29) is 0 Å². The number of aromatic nitrogens is 3. The molecule has 0 aliphatic heterocycles. The highest BCUT2D eigenvalue weighted by Gasteiger charge is 2.11. The highest BCUT2D eigenvalue weighted by atomic mass is 79.9. The van der Waals surface area contributed by atoms with Gasteiger partial charge in [-0.15, -0.1) is 0 Å². The van der Waals surface area contributed by atoms with Crippen LogP contribution in [-0.2, 0) is 0 Å². The molecule has 1 aromatic carbocycles. The minimum Gasteiger partial charge on any atom is -0.493 e. The fourth-order valence-corrected chi connectivity index (χ4v) is 2.94. The number of pyridine rings is 1. The zero-order valence-corrected chi connectivity index (χ0v) is 13.8. The van der Waals surface area contributed by atoms with Gasteiger partial charge in [0.15, 0.2) is 0 Å². The van der Waals surface area contributed by atoms with Crippen LogP contribution in [0.5, 0.6) is 5.75 Å². The second-order valence-corrected chi connectivity index (χ2v) is 5.87. The Morgan fingerprint density at radius 2 is 2.05 bits per heavy atom. The number of halogens is 1. The highest BCUT2D eigenvalue weighted by molar-refractivity contribution is 9.10. The van der Waals surface area contributed by atoms with E-state index >= 15 is 0 Å². The van der Waals surface area contributed by atoms with Gasteiger partial charge in [0.25, 0.3) is 0 Å². The molecule has 0 spiro atoms. The van der Waals surface area contributed by atoms with Crippen LogP contribution in [0.3, 0.4) is 0 Å². The standard InChI is InChI=1S/C16H16BrN3O/c1-4-21-14-7-15(20-8-11(3)18-9-20)19-16-10(2)5-12(17)6-13(14)16/h5-9H,4H2,1-3H3. The van der Waals surface area contributed by atoms with Crippen LogP contribution in [0.25, 0.3) is 16.7 Å². The molecule has 0 N–H and O–H groups in total. The number of ether oxygens (including phenoxy) is 1. The first kappa shape index (κ1) is 14.1. The lowest BCUT2D eigenvalue weighted by Crippen LogP contribution is -2.00. The van der Waals surface area contributed by atoms with Gasteiger partial charge in [-0.05, 0) is 38.5 Å². The molecule has 3 aromatic rings. The number of aryl methyl sites for hydroxylation is 2.